The average Bonchev–Trinajstić information content (AvgIpc) is 2.40. The van der Waals surface area contributed by atoms with Gasteiger partial charge in [0.2, 0.25) is 0 Å². The van der Waals surface area contributed by atoms with Crippen LogP contribution in [0.2, 0.25) is 0 Å². The molecule has 1 aromatic carbocycles. The fourth-order valence-corrected chi connectivity index (χ4v) is 3.81. The third-order valence-corrected chi connectivity index (χ3v) is 5.55. The van der Waals surface area contributed by atoms with Crippen LogP contribution >= 0.6 is 0 Å². The van der Waals surface area contributed by atoms with Crippen LogP contribution in [-0.2, 0) is 9.84 Å². The average molecular weight is 316 g/mol. The normalized spacial score (nSPS) is 24.6. The van der Waals surface area contributed by atoms with E-state index in [1.807, 2.05) is 0 Å². The first-order chi connectivity index (χ1) is 9.77. The van der Waals surface area contributed by atoms with Crippen LogP contribution in [0, 0.1) is 5.82 Å². The van der Waals surface area contributed by atoms with Crippen LogP contribution in [-0.4, -0.2) is 31.1 Å². The number of hydrogen-bond donors (Lipinski definition) is 1. The third kappa shape index (κ3) is 4.17. The fourth-order valence-electron chi connectivity index (χ4n) is 2.65. The van der Waals surface area contributed by atoms with Gasteiger partial charge in [0.25, 0.3) is 0 Å². The lowest BCUT2D eigenvalue weighted by Gasteiger charge is -2.28. The van der Waals surface area contributed by atoms with Crippen LogP contribution in [0.3, 0.4) is 0 Å². The molecule has 6 heteroatoms. The number of rotatable bonds is 4. The maximum atomic E-state index is 13.9. The maximum Gasteiger partial charge on any atom is 0.165 e. The highest BCUT2D eigenvalue weighted by atomic mass is 32.2. The third-order valence-electron chi connectivity index (χ3n) is 3.92. The predicted molar refractivity (Wildman–Crippen MR) is 78.5 cm³/mol. The van der Waals surface area contributed by atoms with Crippen LogP contribution < -0.4 is 4.74 Å². The molecule has 0 aliphatic heterocycles. The summed E-state index contributed by atoms with van der Waals surface area (Å²) < 4.78 is 42.8. The van der Waals surface area contributed by atoms with Crippen LogP contribution in [0.1, 0.15) is 44.3 Å². The first-order valence-corrected chi connectivity index (χ1v) is 9.06. The van der Waals surface area contributed by atoms with Crippen molar-refractivity contribution in [2.45, 2.75) is 50.1 Å². The van der Waals surface area contributed by atoms with E-state index in [4.69, 9.17) is 4.74 Å². The van der Waals surface area contributed by atoms with Gasteiger partial charge in [0.05, 0.1) is 11.4 Å². The highest BCUT2D eigenvalue weighted by Crippen LogP contribution is 2.29. The van der Waals surface area contributed by atoms with Crippen LogP contribution in [0.5, 0.6) is 5.75 Å². The SMILES string of the molecule is CC(O)c1ccc(OC2CCCC(S(C)(=O)=O)C2)c(F)c1. The summed E-state index contributed by atoms with van der Waals surface area (Å²) >= 11 is 0. The van der Waals surface area contributed by atoms with E-state index in [0.717, 1.165) is 12.8 Å². The molecule has 4 nitrogen and oxygen atoms in total. The molecule has 0 heterocycles. The molecule has 1 fully saturated rings. The van der Waals surface area contributed by atoms with E-state index in [2.05, 4.69) is 0 Å². The second-order valence-electron chi connectivity index (χ2n) is 5.72. The Labute approximate surface area is 124 Å². The van der Waals surface area contributed by atoms with Crippen molar-refractivity contribution in [3.05, 3.63) is 29.6 Å². The molecule has 0 spiro atoms. The topological polar surface area (TPSA) is 63.6 Å². The minimum absolute atomic E-state index is 0.110. The van der Waals surface area contributed by atoms with Gasteiger partial charge in [-0.25, -0.2) is 12.8 Å². The van der Waals surface area contributed by atoms with Gasteiger partial charge >= 0.3 is 0 Å². The molecule has 0 bridgehead atoms. The van der Waals surface area contributed by atoms with Crippen LogP contribution in [0.25, 0.3) is 0 Å². The molecule has 1 N–H and O–H groups in total. The Morgan fingerprint density at radius 1 is 1.38 bits per heavy atom. The lowest BCUT2D eigenvalue weighted by atomic mass is 9.97. The Bertz CT molecular complexity index is 598. The predicted octanol–water partition coefficient (Wildman–Crippen LogP) is 2.61. The van der Waals surface area contributed by atoms with E-state index in [9.17, 15) is 17.9 Å². The largest absolute Gasteiger partial charge is 0.487 e. The summed E-state index contributed by atoms with van der Waals surface area (Å²) in [6.07, 6.45) is 2.74. The molecular weight excluding hydrogens is 295 g/mol. The summed E-state index contributed by atoms with van der Waals surface area (Å²) in [6, 6.07) is 4.35. The smallest absolute Gasteiger partial charge is 0.165 e. The summed E-state index contributed by atoms with van der Waals surface area (Å²) in [4.78, 5) is 0. The molecule has 1 aliphatic rings. The molecule has 3 atom stereocenters. The Kier molecular flexibility index (Phi) is 4.88. The molecule has 0 saturated heterocycles. The monoisotopic (exact) mass is 316 g/mol. The van der Waals surface area contributed by atoms with Gasteiger partial charge in [0.1, 0.15) is 15.9 Å². The minimum Gasteiger partial charge on any atom is -0.487 e. The van der Waals surface area contributed by atoms with E-state index in [-0.39, 0.29) is 11.9 Å². The second kappa shape index (κ2) is 6.32. The number of halogens is 1. The fraction of sp³-hybridized carbons (Fsp3) is 0.600. The quantitative estimate of drug-likeness (QED) is 0.927. The van der Waals surface area contributed by atoms with Crippen molar-refractivity contribution in [2.24, 2.45) is 0 Å². The Hall–Kier alpha value is -1.14. The highest BCUT2D eigenvalue weighted by molar-refractivity contribution is 7.91. The zero-order chi connectivity index (χ0) is 15.6. The van der Waals surface area contributed by atoms with Gasteiger partial charge < -0.3 is 9.84 Å². The zero-order valence-electron chi connectivity index (χ0n) is 12.3. The molecule has 0 amide bonds. The van der Waals surface area contributed by atoms with Crippen LogP contribution in [0.15, 0.2) is 18.2 Å². The van der Waals surface area contributed by atoms with Gasteiger partial charge in [0, 0.05) is 12.7 Å². The lowest BCUT2D eigenvalue weighted by Crippen LogP contribution is -2.33. The van der Waals surface area contributed by atoms with Crippen molar-refractivity contribution >= 4 is 9.84 Å². The van der Waals surface area contributed by atoms with Crippen molar-refractivity contribution in [2.75, 3.05) is 6.26 Å². The number of sulfone groups is 1. The Morgan fingerprint density at radius 2 is 2.10 bits per heavy atom. The number of aliphatic hydroxyl groups is 1. The first kappa shape index (κ1) is 16.2. The van der Waals surface area contributed by atoms with Crippen molar-refractivity contribution in [1.29, 1.82) is 0 Å². The first-order valence-electron chi connectivity index (χ1n) is 7.10. The van der Waals surface area contributed by atoms with Crippen LogP contribution in [0.4, 0.5) is 4.39 Å². The van der Waals surface area contributed by atoms with Crippen molar-refractivity contribution in [3.8, 4) is 5.75 Å². The van der Waals surface area contributed by atoms with E-state index in [1.165, 1.54) is 18.4 Å². The molecule has 21 heavy (non-hydrogen) atoms. The molecule has 3 unspecified atom stereocenters. The van der Waals surface area contributed by atoms with E-state index >= 15 is 0 Å². The molecule has 1 aliphatic carbocycles. The number of ether oxygens (including phenoxy) is 1. The van der Waals surface area contributed by atoms with Gasteiger partial charge in [-0.3, -0.25) is 0 Å². The molecule has 1 aromatic rings. The molecule has 2 rings (SSSR count). The maximum absolute atomic E-state index is 13.9. The standard InChI is InChI=1S/C15H21FO4S/c1-10(17)11-6-7-15(14(16)8-11)20-12-4-3-5-13(9-12)21(2,18)19/h6-8,10,12-13,17H,3-5,9H2,1-2H3. The van der Waals surface area contributed by atoms with E-state index in [1.54, 1.807) is 13.0 Å². The van der Waals surface area contributed by atoms with E-state index < -0.39 is 27.0 Å². The lowest BCUT2D eigenvalue weighted by molar-refractivity contribution is 0.149. The molecule has 1 saturated carbocycles. The van der Waals surface area contributed by atoms with E-state index in [0.29, 0.717) is 18.4 Å². The van der Waals surface area contributed by atoms with Gasteiger partial charge in [-0.15, -0.1) is 0 Å². The second-order valence-corrected chi connectivity index (χ2v) is 8.05. The summed E-state index contributed by atoms with van der Waals surface area (Å²) in [5.74, 6) is -0.423. The summed E-state index contributed by atoms with van der Waals surface area (Å²) in [6.45, 7) is 1.56. The van der Waals surface area contributed by atoms with Gasteiger partial charge in [0.15, 0.2) is 11.6 Å². The van der Waals surface area contributed by atoms with Gasteiger partial charge in [-0.1, -0.05) is 6.07 Å². The molecular formula is C15H21FO4S. The van der Waals surface area contributed by atoms with Gasteiger partial charge in [-0.2, -0.15) is 0 Å². The van der Waals surface area contributed by atoms with Crippen molar-refractivity contribution in [1.82, 2.24) is 0 Å². The highest BCUT2D eigenvalue weighted by Gasteiger charge is 2.30. The zero-order valence-corrected chi connectivity index (χ0v) is 13.1. The summed E-state index contributed by atoms with van der Waals surface area (Å²) in [5, 5.41) is 9.00. The molecule has 0 aromatic heterocycles. The Morgan fingerprint density at radius 3 is 2.67 bits per heavy atom. The number of aliphatic hydroxyl groups excluding tert-OH is 1. The molecule has 118 valence electrons. The van der Waals surface area contributed by atoms with Crippen molar-refractivity contribution < 1.29 is 22.7 Å². The molecule has 0 radical (unpaired) electrons. The number of hydrogen-bond acceptors (Lipinski definition) is 4. The Balaban J connectivity index is 2.08. The van der Waals surface area contributed by atoms with Crippen molar-refractivity contribution in [3.63, 3.8) is 0 Å². The minimum atomic E-state index is -3.09. The summed E-state index contributed by atoms with van der Waals surface area (Å²) in [7, 11) is -3.09. The summed E-state index contributed by atoms with van der Waals surface area (Å²) in [5.41, 5.74) is 0.484. The number of benzene rings is 1. The van der Waals surface area contributed by atoms with Gasteiger partial charge in [-0.05, 0) is 43.9 Å².